The molecule has 64 heavy (non-hydrogen) atoms. The molecule has 2 nitrogen and oxygen atoms in total. The first-order valence-corrected chi connectivity index (χ1v) is 23.3. The molecular formula is C60H46B2N2. The van der Waals surface area contributed by atoms with Crippen LogP contribution in [0.2, 0.25) is 0 Å². The second-order valence-electron chi connectivity index (χ2n) is 19.6. The summed E-state index contributed by atoms with van der Waals surface area (Å²) in [6, 6.07) is 61.0. The van der Waals surface area contributed by atoms with E-state index in [1.807, 2.05) is 0 Å². The molecule has 10 aromatic carbocycles. The molecule has 10 aromatic rings. The molecular weight excluding hydrogens is 770 g/mol. The minimum Gasteiger partial charge on any atom is -0.311 e. The number of hydrogen-bond acceptors (Lipinski definition) is 2. The van der Waals surface area contributed by atoms with Crippen molar-refractivity contribution in [1.82, 2.24) is 0 Å². The van der Waals surface area contributed by atoms with Gasteiger partial charge in [0.25, 0.3) is 0 Å². The fourth-order valence-corrected chi connectivity index (χ4v) is 12.7. The number of hydrogen-bond donors (Lipinski definition) is 0. The Balaban J connectivity index is 1.14. The summed E-state index contributed by atoms with van der Waals surface area (Å²) in [5.74, 6) is 0.749. The zero-order chi connectivity index (χ0) is 42.9. The number of nitrogens with zero attached hydrogens (tertiary/aromatic N) is 2. The highest BCUT2D eigenvalue weighted by Crippen LogP contribution is 2.50. The summed E-state index contributed by atoms with van der Waals surface area (Å²) < 4.78 is 0. The molecule has 0 aromatic heterocycles. The summed E-state index contributed by atoms with van der Waals surface area (Å²) in [5.41, 5.74) is 27.0. The first kappa shape index (κ1) is 36.5. The van der Waals surface area contributed by atoms with Crippen molar-refractivity contribution >= 4 is 113 Å². The first-order valence-electron chi connectivity index (χ1n) is 23.3. The van der Waals surface area contributed by atoms with Gasteiger partial charge in [-0.3, -0.25) is 0 Å². The minimum atomic E-state index is 0.0988. The van der Waals surface area contributed by atoms with E-state index in [0.717, 1.165) is 0 Å². The molecule has 0 bridgehead atoms. The van der Waals surface area contributed by atoms with E-state index in [4.69, 9.17) is 0 Å². The Labute approximate surface area is 376 Å². The predicted molar refractivity (Wildman–Crippen MR) is 277 cm³/mol. The van der Waals surface area contributed by atoms with Crippen molar-refractivity contribution in [3.8, 4) is 22.3 Å². The van der Waals surface area contributed by atoms with E-state index in [9.17, 15) is 0 Å². The van der Waals surface area contributed by atoms with Crippen molar-refractivity contribution in [2.75, 3.05) is 9.80 Å². The summed E-state index contributed by atoms with van der Waals surface area (Å²) in [7, 11) is 0. The third kappa shape index (κ3) is 4.58. The predicted octanol–water partition coefficient (Wildman–Crippen LogP) is 12.0. The Bertz CT molecular complexity index is 3420. The summed E-state index contributed by atoms with van der Waals surface area (Å²) in [6.45, 7) is 14.3. The normalized spacial score (nSPS) is 13.9. The van der Waals surface area contributed by atoms with Crippen LogP contribution in [0.25, 0.3) is 54.6 Å². The fraction of sp³-hybridized carbons (Fsp3) is 0.133. The van der Waals surface area contributed by atoms with Crippen molar-refractivity contribution in [2.45, 2.75) is 53.4 Å². The fourth-order valence-electron chi connectivity index (χ4n) is 12.7. The summed E-state index contributed by atoms with van der Waals surface area (Å²) in [6.07, 6.45) is 0. The van der Waals surface area contributed by atoms with E-state index in [-0.39, 0.29) is 13.4 Å². The quantitative estimate of drug-likeness (QED) is 0.129. The van der Waals surface area contributed by atoms with Gasteiger partial charge in [0, 0.05) is 34.1 Å². The summed E-state index contributed by atoms with van der Waals surface area (Å²) in [4.78, 5) is 5.08. The standard InChI is InChI=1S/C60H46B2N2/c1-33(2)37-27-45-43-25-35(5)41-32-50-56-44(46-28-38(34(3)4)30-54-60(46)62(50)48-22-14-16-24-52(48)64(54)40-19-11-8-12-20-40)26-36(6)42-31-49(55(43)57(41)58(42)56)61-47-21-13-15-23-51(47)63(53(29-37)59(45)61)39-17-9-7-10-18-39/h7-34H,1-6H3. The number of rotatable bonds is 4. The lowest BCUT2D eigenvalue weighted by Gasteiger charge is -2.42. The van der Waals surface area contributed by atoms with Crippen molar-refractivity contribution in [3.05, 3.63) is 180 Å². The van der Waals surface area contributed by atoms with Crippen molar-refractivity contribution < 1.29 is 0 Å². The van der Waals surface area contributed by atoms with Crippen LogP contribution in [0, 0.1) is 13.8 Å². The van der Waals surface area contributed by atoms with Gasteiger partial charge in [-0.15, -0.1) is 0 Å². The third-order valence-corrected chi connectivity index (χ3v) is 15.5. The molecule has 4 aliphatic heterocycles. The number of fused-ring (bicyclic) bond motifs is 8. The van der Waals surface area contributed by atoms with Crippen LogP contribution in [0.15, 0.2) is 158 Å². The van der Waals surface area contributed by atoms with E-state index in [1.54, 1.807) is 0 Å². The van der Waals surface area contributed by atoms with E-state index in [1.165, 1.54) is 144 Å². The van der Waals surface area contributed by atoms with Crippen LogP contribution < -0.4 is 42.6 Å². The maximum atomic E-state index is 2.64. The lowest BCUT2D eigenvalue weighted by atomic mass is 9.31. The summed E-state index contributed by atoms with van der Waals surface area (Å²) in [5, 5.41) is 8.52. The number of para-hydroxylation sites is 4. The minimum absolute atomic E-state index is 0.0988. The smallest absolute Gasteiger partial charge is 0.248 e. The van der Waals surface area contributed by atoms with Crippen LogP contribution in [0.1, 0.15) is 61.8 Å². The maximum absolute atomic E-state index is 2.64. The van der Waals surface area contributed by atoms with Crippen molar-refractivity contribution in [3.63, 3.8) is 0 Å². The second kappa shape index (κ2) is 12.8. The van der Waals surface area contributed by atoms with Crippen LogP contribution in [0.4, 0.5) is 34.1 Å². The zero-order valence-corrected chi connectivity index (χ0v) is 37.2. The number of anilines is 6. The average molecular weight is 817 g/mol. The van der Waals surface area contributed by atoms with Crippen LogP contribution >= 0.6 is 0 Å². The lowest BCUT2D eigenvalue weighted by Crippen LogP contribution is -2.60. The Morgan fingerprint density at radius 2 is 0.750 bits per heavy atom. The Morgan fingerprint density at radius 3 is 1.16 bits per heavy atom. The molecule has 0 N–H and O–H groups in total. The van der Waals surface area contributed by atoms with Crippen molar-refractivity contribution in [1.29, 1.82) is 0 Å². The van der Waals surface area contributed by atoms with Crippen molar-refractivity contribution in [2.24, 2.45) is 0 Å². The molecule has 0 amide bonds. The Kier molecular flexibility index (Phi) is 7.29. The molecule has 0 fully saturated rings. The topological polar surface area (TPSA) is 6.48 Å². The first-order chi connectivity index (χ1) is 31.3. The van der Waals surface area contributed by atoms with Gasteiger partial charge in [0.05, 0.1) is 0 Å². The van der Waals surface area contributed by atoms with E-state index in [2.05, 4.69) is 209 Å². The molecule has 0 unspecified atom stereocenters. The van der Waals surface area contributed by atoms with Crippen LogP contribution in [-0.2, 0) is 0 Å². The Hall–Kier alpha value is -7.03. The molecule has 302 valence electrons. The largest absolute Gasteiger partial charge is 0.311 e. The third-order valence-electron chi connectivity index (χ3n) is 15.5. The average Bonchev–Trinajstić information content (AvgIpc) is 3.32. The maximum Gasteiger partial charge on any atom is 0.248 e. The molecule has 0 atom stereocenters. The number of benzene rings is 10. The highest BCUT2D eigenvalue weighted by atomic mass is 15.2. The van der Waals surface area contributed by atoms with Gasteiger partial charge in [0.1, 0.15) is 0 Å². The molecule has 4 aliphatic rings. The van der Waals surface area contributed by atoms with Gasteiger partial charge in [0.2, 0.25) is 13.4 Å². The van der Waals surface area contributed by atoms with Gasteiger partial charge in [-0.1, -0.05) is 148 Å². The molecule has 0 saturated carbocycles. The zero-order valence-electron chi connectivity index (χ0n) is 37.2. The molecule has 0 radical (unpaired) electrons. The molecule has 0 aliphatic carbocycles. The number of aryl methyl sites for hydroxylation is 2. The van der Waals surface area contributed by atoms with Gasteiger partial charge in [-0.25, -0.2) is 0 Å². The molecule has 4 heterocycles. The lowest BCUT2D eigenvalue weighted by molar-refractivity contribution is 0.867. The highest BCUT2D eigenvalue weighted by molar-refractivity contribution is 7.02. The van der Waals surface area contributed by atoms with Gasteiger partial charge >= 0.3 is 0 Å². The van der Waals surface area contributed by atoms with Gasteiger partial charge in [-0.05, 0) is 173 Å². The SMILES string of the molecule is Cc1cc2c3c(cc4c(C)cc5c6c(cc1c3c46)B1c3ccccc3N(c3ccccc3)c3cc(C(C)C)cc-5c31)B1c3ccccc3N(c3ccccc3)c3cc(C(C)C)cc-2c31. The van der Waals surface area contributed by atoms with Crippen LogP contribution in [0.3, 0.4) is 0 Å². The van der Waals surface area contributed by atoms with E-state index >= 15 is 0 Å². The van der Waals surface area contributed by atoms with E-state index < -0.39 is 0 Å². The van der Waals surface area contributed by atoms with Crippen LogP contribution in [-0.4, -0.2) is 13.4 Å². The van der Waals surface area contributed by atoms with Crippen LogP contribution in [0.5, 0.6) is 0 Å². The molecule has 4 heteroatoms. The highest BCUT2D eigenvalue weighted by Gasteiger charge is 2.45. The summed E-state index contributed by atoms with van der Waals surface area (Å²) >= 11 is 0. The Morgan fingerprint density at radius 1 is 0.359 bits per heavy atom. The molecule has 0 spiro atoms. The van der Waals surface area contributed by atoms with Gasteiger partial charge in [-0.2, -0.15) is 0 Å². The van der Waals surface area contributed by atoms with Gasteiger partial charge in [0.15, 0.2) is 0 Å². The molecule has 14 rings (SSSR count). The second-order valence-corrected chi connectivity index (χ2v) is 19.6. The monoisotopic (exact) mass is 816 g/mol. The van der Waals surface area contributed by atoms with Gasteiger partial charge < -0.3 is 9.80 Å². The van der Waals surface area contributed by atoms with E-state index in [0.29, 0.717) is 11.8 Å². The molecule has 0 saturated heterocycles.